The molecule has 0 saturated carbocycles. The lowest BCUT2D eigenvalue weighted by atomic mass is 10.2. The Bertz CT molecular complexity index is 286. The Labute approximate surface area is 112 Å². The first-order chi connectivity index (χ1) is 8.34. The number of aliphatic hydroxyl groups is 1. The maximum absolute atomic E-state index is 11.9. The van der Waals surface area contributed by atoms with Crippen LogP contribution in [0.4, 0.5) is 4.79 Å². The topological polar surface area (TPSA) is 89.9 Å². The average molecular weight is 278 g/mol. The van der Waals surface area contributed by atoms with Gasteiger partial charge < -0.3 is 20.4 Å². The molecule has 7 heteroatoms. The monoisotopic (exact) mass is 278 g/mol. The van der Waals surface area contributed by atoms with E-state index in [9.17, 15) is 14.7 Å². The zero-order valence-corrected chi connectivity index (χ0v) is 12.0. The Morgan fingerprint density at radius 2 is 2.00 bits per heavy atom. The molecule has 0 aromatic rings. The van der Waals surface area contributed by atoms with Crippen LogP contribution in [0, 0.1) is 0 Å². The van der Waals surface area contributed by atoms with Crippen LogP contribution in [0.25, 0.3) is 0 Å². The molecule has 0 aliphatic heterocycles. The third-order valence-corrected chi connectivity index (χ3v) is 3.44. The number of amides is 2. The number of urea groups is 1. The van der Waals surface area contributed by atoms with Gasteiger partial charge in [-0.25, -0.2) is 9.59 Å². The van der Waals surface area contributed by atoms with Gasteiger partial charge in [-0.05, 0) is 19.6 Å². The minimum absolute atomic E-state index is 0.0449. The van der Waals surface area contributed by atoms with Crippen LogP contribution in [-0.2, 0) is 4.79 Å². The van der Waals surface area contributed by atoms with Gasteiger partial charge in [-0.3, -0.25) is 0 Å². The number of carboxylic acid groups (broad SMARTS) is 1. The van der Waals surface area contributed by atoms with Gasteiger partial charge in [0, 0.05) is 18.8 Å². The van der Waals surface area contributed by atoms with Crippen molar-refractivity contribution in [3.05, 3.63) is 0 Å². The summed E-state index contributed by atoms with van der Waals surface area (Å²) in [6.07, 6.45) is 1.60. The normalized spacial score (nSPS) is 15.6. The first-order valence-corrected chi connectivity index (χ1v) is 7.17. The van der Waals surface area contributed by atoms with Gasteiger partial charge in [-0.2, -0.15) is 11.8 Å². The van der Waals surface area contributed by atoms with Crippen molar-refractivity contribution < 1.29 is 19.8 Å². The Morgan fingerprint density at radius 3 is 2.33 bits per heavy atom. The lowest BCUT2D eigenvalue weighted by Crippen LogP contribution is -2.53. The molecular formula is C11H22N2O4S. The second-order valence-electron chi connectivity index (χ2n) is 4.13. The Balaban J connectivity index is 4.58. The average Bonchev–Trinajstić information content (AvgIpc) is 2.30. The van der Waals surface area contributed by atoms with E-state index in [0.29, 0.717) is 0 Å². The molecule has 3 atom stereocenters. The van der Waals surface area contributed by atoms with Crippen LogP contribution >= 0.6 is 11.8 Å². The number of carbonyl (C=O) groups excluding carboxylic acids is 1. The third kappa shape index (κ3) is 5.14. The van der Waals surface area contributed by atoms with Gasteiger partial charge >= 0.3 is 12.0 Å². The van der Waals surface area contributed by atoms with Crippen molar-refractivity contribution in [1.82, 2.24) is 10.2 Å². The van der Waals surface area contributed by atoms with E-state index >= 15 is 0 Å². The minimum Gasteiger partial charge on any atom is -0.480 e. The van der Waals surface area contributed by atoms with E-state index in [2.05, 4.69) is 5.32 Å². The van der Waals surface area contributed by atoms with Crippen LogP contribution in [-0.4, -0.2) is 64.4 Å². The number of aliphatic hydroxyl groups excluding tert-OH is 1. The molecule has 2 amide bonds. The van der Waals surface area contributed by atoms with E-state index in [1.165, 1.54) is 11.8 Å². The summed E-state index contributed by atoms with van der Waals surface area (Å²) in [7, 11) is 1.63. The molecule has 0 aliphatic carbocycles. The maximum atomic E-state index is 11.9. The number of rotatable bonds is 7. The Hall–Kier alpha value is -0.950. The number of nitrogens with zero attached hydrogens (tertiary/aromatic N) is 1. The number of carboxylic acids is 1. The SMILES string of the molecule is CCC(CSC)N(C)C(=O)N[C@H](C(=O)O)[C@@H](C)O. The zero-order valence-electron chi connectivity index (χ0n) is 11.2. The molecule has 1 unspecified atom stereocenters. The molecule has 0 aromatic heterocycles. The highest BCUT2D eigenvalue weighted by Gasteiger charge is 2.27. The molecule has 18 heavy (non-hydrogen) atoms. The van der Waals surface area contributed by atoms with Crippen LogP contribution in [0.3, 0.4) is 0 Å². The van der Waals surface area contributed by atoms with E-state index < -0.39 is 24.1 Å². The van der Waals surface area contributed by atoms with E-state index in [1.54, 1.807) is 18.8 Å². The Morgan fingerprint density at radius 1 is 1.44 bits per heavy atom. The fourth-order valence-electron chi connectivity index (χ4n) is 1.49. The lowest BCUT2D eigenvalue weighted by Gasteiger charge is -2.29. The van der Waals surface area contributed by atoms with E-state index in [-0.39, 0.29) is 6.04 Å². The summed E-state index contributed by atoms with van der Waals surface area (Å²) in [5, 5.41) is 20.5. The summed E-state index contributed by atoms with van der Waals surface area (Å²) >= 11 is 1.62. The smallest absolute Gasteiger partial charge is 0.328 e. The van der Waals surface area contributed by atoms with Crippen molar-refractivity contribution >= 4 is 23.8 Å². The summed E-state index contributed by atoms with van der Waals surface area (Å²) in [5.41, 5.74) is 0. The van der Waals surface area contributed by atoms with Crippen LogP contribution in [0.5, 0.6) is 0 Å². The highest BCUT2D eigenvalue weighted by atomic mass is 32.2. The number of aliphatic carboxylic acids is 1. The number of thioether (sulfide) groups is 1. The second-order valence-corrected chi connectivity index (χ2v) is 5.05. The zero-order chi connectivity index (χ0) is 14.3. The van der Waals surface area contributed by atoms with Gasteiger partial charge in [-0.15, -0.1) is 0 Å². The molecule has 0 rings (SSSR count). The molecule has 3 N–H and O–H groups in total. The molecule has 0 fully saturated rings. The molecule has 0 bridgehead atoms. The highest BCUT2D eigenvalue weighted by Crippen LogP contribution is 2.09. The van der Waals surface area contributed by atoms with E-state index in [0.717, 1.165) is 12.2 Å². The van der Waals surface area contributed by atoms with Crippen molar-refractivity contribution in [2.45, 2.75) is 38.5 Å². The van der Waals surface area contributed by atoms with Crippen molar-refractivity contribution in [3.8, 4) is 0 Å². The van der Waals surface area contributed by atoms with Crippen LogP contribution in [0.2, 0.25) is 0 Å². The van der Waals surface area contributed by atoms with Gasteiger partial charge in [0.1, 0.15) is 0 Å². The maximum Gasteiger partial charge on any atom is 0.328 e. The highest BCUT2D eigenvalue weighted by molar-refractivity contribution is 7.98. The molecule has 0 aliphatic rings. The van der Waals surface area contributed by atoms with Crippen molar-refractivity contribution in [2.24, 2.45) is 0 Å². The third-order valence-electron chi connectivity index (χ3n) is 2.73. The van der Waals surface area contributed by atoms with Gasteiger partial charge in [0.05, 0.1) is 6.10 Å². The molecular weight excluding hydrogens is 256 g/mol. The summed E-state index contributed by atoms with van der Waals surface area (Å²) < 4.78 is 0. The van der Waals surface area contributed by atoms with Crippen LogP contribution in [0.15, 0.2) is 0 Å². The lowest BCUT2D eigenvalue weighted by molar-refractivity contribution is -0.141. The first kappa shape index (κ1) is 17.1. The van der Waals surface area contributed by atoms with Crippen molar-refractivity contribution in [2.75, 3.05) is 19.1 Å². The van der Waals surface area contributed by atoms with Gasteiger partial charge in [-0.1, -0.05) is 6.92 Å². The first-order valence-electron chi connectivity index (χ1n) is 5.78. The minimum atomic E-state index is -1.29. The molecule has 0 spiro atoms. The molecule has 6 nitrogen and oxygen atoms in total. The van der Waals surface area contributed by atoms with Crippen molar-refractivity contribution in [1.29, 1.82) is 0 Å². The number of nitrogens with one attached hydrogen (secondary N) is 1. The largest absolute Gasteiger partial charge is 0.480 e. The standard InChI is InChI=1S/C11H22N2O4S/c1-5-8(6-18-4)13(3)11(17)12-9(7(2)14)10(15)16/h7-9,14H,5-6H2,1-4H3,(H,12,17)(H,15,16)/t7-,8?,9+/m1/s1. The fraction of sp³-hybridized carbons (Fsp3) is 0.818. The van der Waals surface area contributed by atoms with Crippen molar-refractivity contribution in [3.63, 3.8) is 0 Å². The quantitative estimate of drug-likeness (QED) is 0.634. The summed E-state index contributed by atoms with van der Waals surface area (Å²) in [5.74, 6) is -0.461. The molecule has 0 radical (unpaired) electrons. The molecule has 0 heterocycles. The molecule has 0 saturated heterocycles. The Kier molecular flexibility index (Phi) is 7.77. The predicted molar refractivity (Wildman–Crippen MR) is 71.9 cm³/mol. The van der Waals surface area contributed by atoms with E-state index in [1.807, 2.05) is 13.2 Å². The molecule has 106 valence electrons. The van der Waals surface area contributed by atoms with Crippen LogP contribution < -0.4 is 5.32 Å². The number of hydrogen-bond acceptors (Lipinski definition) is 4. The van der Waals surface area contributed by atoms with Gasteiger partial charge in [0.15, 0.2) is 6.04 Å². The summed E-state index contributed by atoms with van der Waals surface area (Å²) in [6.45, 7) is 3.30. The van der Waals surface area contributed by atoms with Gasteiger partial charge in [0.2, 0.25) is 0 Å². The molecule has 0 aromatic carbocycles. The predicted octanol–water partition coefficient (Wildman–Crippen LogP) is 0.603. The summed E-state index contributed by atoms with van der Waals surface area (Å²) in [6, 6.07) is -1.72. The van der Waals surface area contributed by atoms with Crippen LogP contribution in [0.1, 0.15) is 20.3 Å². The number of carbonyl (C=O) groups is 2. The fourth-order valence-corrected chi connectivity index (χ4v) is 2.33. The number of hydrogen-bond donors (Lipinski definition) is 3. The van der Waals surface area contributed by atoms with Gasteiger partial charge in [0.25, 0.3) is 0 Å². The summed E-state index contributed by atoms with van der Waals surface area (Å²) in [4.78, 5) is 24.2. The van der Waals surface area contributed by atoms with E-state index in [4.69, 9.17) is 5.11 Å². The second kappa shape index (κ2) is 8.20.